The zero-order valence-corrected chi connectivity index (χ0v) is 12.9. The summed E-state index contributed by atoms with van der Waals surface area (Å²) in [5.41, 5.74) is 3.30. The molecular formula is C15H17ClN4O2. The van der Waals surface area contributed by atoms with E-state index in [9.17, 15) is 4.79 Å². The lowest BCUT2D eigenvalue weighted by atomic mass is 10.1. The molecule has 0 saturated heterocycles. The summed E-state index contributed by atoms with van der Waals surface area (Å²) in [7, 11) is 0. The van der Waals surface area contributed by atoms with Crippen molar-refractivity contribution < 1.29 is 9.53 Å². The Balaban J connectivity index is 2.24. The number of carbonyl (C=O) groups excluding carboxylic acids is 1. The molecule has 2 rings (SSSR count). The quantitative estimate of drug-likeness (QED) is 0.369. The summed E-state index contributed by atoms with van der Waals surface area (Å²) in [6, 6.07) is 5.33. The van der Waals surface area contributed by atoms with Crippen LogP contribution in [0.4, 0.5) is 0 Å². The maximum Gasteiger partial charge on any atom is 0.285 e. The van der Waals surface area contributed by atoms with Gasteiger partial charge in [0.05, 0.1) is 29.7 Å². The van der Waals surface area contributed by atoms with Gasteiger partial charge in [-0.25, -0.2) is 10.8 Å². The minimum atomic E-state index is -0.509. The van der Waals surface area contributed by atoms with Crippen molar-refractivity contribution in [1.82, 2.24) is 15.4 Å². The molecule has 0 aliphatic rings. The average molecular weight is 321 g/mol. The standard InChI is InChI=1S/C15H17ClN4O2/c1-2-3-6-22-10-4-5-11(12(16)7-10)13-8-18-9-14(19-13)15(21)20-17/h4-5,7-9H,2-3,6,17H2,1H3,(H,20,21). The van der Waals surface area contributed by atoms with Crippen molar-refractivity contribution in [3.63, 3.8) is 0 Å². The van der Waals surface area contributed by atoms with Crippen LogP contribution in [-0.2, 0) is 0 Å². The zero-order valence-electron chi connectivity index (χ0n) is 12.2. The van der Waals surface area contributed by atoms with Crippen molar-refractivity contribution in [1.29, 1.82) is 0 Å². The predicted molar refractivity (Wildman–Crippen MR) is 84.5 cm³/mol. The smallest absolute Gasteiger partial charge is 0.285 e. The van der Waals surface area contributed by atoms with Gasteiger partial charge in [-0.3, -0.25) is 15.2 Å². The van der Waals surface area contributed by atoms with Gasteiger partial charge in [-0.15, -0.1) is 0 Å². The molecule has 6 nitrogen and oxygen atoms in total. The first-order chi connectivity index (χ1) is 10.7. The molecule has 7 heteroatoms. The summed E-state index contributed by atoms with van der Waals surface area (Å²) >= 11 is 6.27. The van der Waals surface area contributed by atoms with Crippen molar-refractivity contribution >= 4 is 17.5 Å². The molecule has 0 atom stereocenters. The predicted octanol–water partition coefficient (Wildman–Crippen LogP) is 2.58. The molecular weight excluding hydrogens is 304 g/mol. The highest BCUT2D eigenvalue weighted by molar-refractivity contribution is 6.33. The first-order valence-corrected chi connectivity index (χ1v) is 7.29. The topological polar surface area (TPSA) is 90.1 Å². The summed E-state index contributed by atoms with van der Waals surface area (Å²) in [5.74, 6) is 5.28. The van der Waals surface area contributed by atoms with Crippen LogP contribution in [0.25, 0.3) is 11.3 Å². The number of hydrogen-bond donors (Lipinski definition) is 2. The van der Waals surface area contributed by atoms with E-state index in [1.165, 1.54) is 12.4 Å². The molecule has 1 aromatic heterocycles. The molecule has 22 heavy (non-hydrogen) atoms. The number of unbranched alkanes of at least 4 members (excludes halogenated alkanes) is 1. The highest BCUT2D eigenvalue weighted by Crippen LogP contribution is 2.30. The fourth-order valence-corrected chi connectivity index (χ4v) is 2.07. The van der Waals surface area contributed by atoms with E-state index >= 15 is 0 Å². The Morgan fingerprint density at radius 2 is 2.23 bits per heavy atom. The molecule has 0 radical (unpaired) electrons. The van der Waals surface area contributed by atoms with E-state index in [0.29, 0.717) is 28.6 Å². The van der Waals surface area contributed by atoms with E-state index in [2.05, 4.69) is 16.9 Å². The van der Waals surface area contributed by atoms with Crippen molar-refractivity contribution in [2.75, 3.05) is 6.61 Å². The fourth-order valence-electron chi connectivity index (χ4n) is 1.81. The van der Waals surface area contributed by atoms with Gasteiger partial charge < -0.3 is 4.74 Å². The Morgan fingerprint density at radius 3 is 2.91 bits per heavy atom. The van der Waals surface area contributed by atoms with Crippen LogP contribution in [0.2, 0.25) is 5.02 Å². The maximum absolute atomic E-state index is 11.5. The van der Waals surface area contributed by atoms with E-state index in [1.807, 2.05) is 11.5 Å². The minimum absolute atomic E-state index is 0.124. The number of nitrogen functional groups attached to an aromatic ring is 1. The molecule has 1 heterocycles. The second kappa shape index (κ2) is 7.72. The van der Waals surface area contributed by atoms with Crippen molar-refractivity contribution in [2.45, 2.75) is 19.8 Å². The molecule has 0 saturated carbocycles. The second-order valence-electron chi connectivity index (χ2n) is 4.61. The van der Waals surface area contributed by atoms with Gasteiger partial charge in [0.15, 0.2) is 0 Å². The summed E-state index contributed by atoms with van der Waals surface area (Å²) in [6.07, 6.45) is 4.92. The summed E-state index contributed by atoms with van der Waals surface area (Å²) < 4.78 is 5.60. The SMILES string of the molecule is CCCCOc1ccc(-c2cncc(C(=O)NN)n2)c(Cl)c1. The lowest BCUT2D eigenvalue weighted by Crippen LogP contribution is -2.30. The largest absolute Gasteiger partial charge is 0.494 e. The third-order valence-electron chi connectivity index (χ3n) is 2.98. The Kier molecular flexibility index (Phi) is 5.68. The Bertz CT molecular complexity index is 664. The number of halogens is 1. The van der Waals surface area contributed by atoms with Crippen LogP contribution in [0, 0.1) is 0 Å². The first kappa shape index (κ1) is 16.2. The van der Waals surface area contributed by atoms with Crippen LogP contribution < -0.4 is 16.0 Å². The Hall–Kier alpha value is -2.18. The maximum atomic E-state index is 11.5. The third kappa shape index (κ3) is 3.93. The first-order valence-electron chi connectivity index (χ1n) is 6.91. The van der Waals surface area contributed by atoms with Gasteiger partial charge in [0.2, 0.25) is 0 Å². The van der Waals surface area contributed by atoms with Crippen LogP contribution in [0.15, 0.2) is 30.6 Å². The molecule has 0 aliphatic heterocycles. The highest BCUT2D eigenvalue weighted by Gasteiger charge is 2.11. The highest BCUT2D eigenvalue weighted by atomic mass is 35.5. The number of hydrazine groups is 1. The number of ether oxygens (including phenoxy) is 1. The van der Waals surface area contributed by atoms with E-state index in [4.69, 9.17) is 22.2 Å². The number of rotatable bonds is 6. The van der Waals surface area contributed by atoms with Crippen molar-refractivity contribution in [3.05, 3.63) is 41.3 Å². The van der Waals surface area contributed by atoms with E-state index in [-0.39, 0.29) is 5.69 Å². The molecule has 0 unspecified atom stereocenters. The van der Waals surface area contributed by atoms with Gasteiger partial charge in [0, 0.05) is 5.56 Å². The number of hydrogen-bond acceptors (Lipinski definition) is 5. The number of nitrogens with one attached hydrogen (secondary N) is 1. The number of carbonyl (C=O) groups is 1. The minimum Gasteiger partial charge on any atom is -0.494 e. The molecule has 0 fully saturated rings. The molecule has 3 N–H and O–H groups in total. The number of aromatic nitrogens is 2. The summed E-state index contributed by atoms with van der Waals surface area (Å²) in [4.78, 5) is 19.7. The van der Waals surface area contributed by atoms with Crippen molar-refractivity contribution in [3.8, 4) is 17.0 Å². The molecule has 1 aromatic carbocycles. The number of nitrogens with two attached hydrogens (primary N) is 1. The van der Waals surface area contributed by atoms with Crippen LogP contribution in [0.3, 0.4) is 0 Å². The lowest BCUT2D eigenvalue weighted by Gasteiger charge is -2.09. The monoisotopic (exact) mass is 320 g/mol. The van der Waals surface area contributed by atoms with Crippen LogP contribution in [0.5, 0.6) is 5.75 Å². The van der Waals surface area contributed by atoms with Gasteiger partial charge >= 0.3 is 0 Å². The average Bonchev–Trinajstić information content (AvgIpc) is 2.54. The number of nitrogens with zero attached hydrogens (tertiary/aromatic N) is 2. The van der Waals surface area contributed by atoms with Crippen LogP contribution in [-0.4, -0.2) is 22.5 Å². The van der Waals surface area contributed by atoms with E-state index in [0.717, 1.165) is 12.8 Å². The van der Waals surface area contributed by atoms with Gasteiger partial charge in [-0.05, 0) is 24.6 Å². The molecule has 1 amide bonds. The van der Waals surface area contributed by atoms with Gasteiger partial charge in [0.25, 0.3) is 5.91 Å². The lowest BCUT2D eigenvalue weighted by molar-refractivity contribution is 0.0948. The molecule has 2 aromatic rings. The fraction of sp³-hybridized carbons (Fsp3) is 0.267. The van der Waals surface area contributed by atoms with E-state index in [1.54, 1.807) is 12.1 Å². The van der Waals surface area contributed by atoms with Gasteiger partial charge in [0.1, 0.15) is 11.4 Å². The molecule has 116 valence electrons. The van der Waals surface area contributed by atoms with Crippen LogP contribution >= 0.6 is 11.6 Å². The molecule has 0 aliphatic carbocycles. The number of benzene rings is 1. The Morgan fingerprint density at radius 1 is 1.41 bits per heavy atom. The number of amides is 1. The summed E-state index contributed by atoms with van der Waals surface area (Å²) in [6.45, 7) is 2.75. The van der Waals surface area contributed by atoms with Gasteiger partial charge in [-0.2, -0.15) is 0 Å². The zero-order chi connectivity index (χ0) is 15.9. The third-order valence-corrected chi connectivity index (χ3v) is 3.29. The van der Waals surface area contributed by atoms with Gasteiger partial charge in [-0.1, -0.05) is 24.9 Å². The van der Waals surface area contributed by atoms with Crippen molar-refractivity contribution in [2.24, 2.45) is 5.84 Å². The molecule has 0 spiro atoms. The summed E-state index contributed by atoms with van der Waals surface area (Å²) in [5, 5.41) is 0.480. The normalized spacial score (nSPS) is 10.3. The van der Waals surface area contributed by atoms with E-state index < -0.39 is 5.91 Å². The Labute approximate surface area is 133 Å². The molecule has 0 bridgehead atoms. The van der Waals surface area contributed by atoms with Crippen LogP contribution in [0.1, 0.15) is 30.3 Å². The second-order valence-corrected chi connectivity index (χ2v) is 5.01.